The van der Waals surface area contributed by atoms with Gasteiger partial charge in [-0.05, 0) is 19.2 Å². The van der Waals surface area contributed by atoms with Gasteiger partial charge in [0.2, 0.25) is 0 Å². The Bertz CT molecular complexity index is 590. The minimum Gasteiger partial charge on any atom is -0.455 e. The highest BCUT2D eigenvalue weighted by Gasteiger charge is 2.10. The molecule has 0 spiro atoms. The van der Waals surface area contributed by atoms with Gasteiger partial charge in [-0.3, -0.25) is 4.98 Å². The Morgan fingerprint density at radius 2 is 1.84 bits per heavy atom. The monoisotopic (exact) mass is 316 g/mol. The second-order valence-corrected chi connectivity index (χ2v) is 5.03. The zero-order chi connectivity index (χ0) is 13.8. The summed E-state index contributed by atoms with van der Waals surface area (Å²) in [6.07, 6.45) is 3.39. The van der Waals surface area contributed by atoms with Crippen LogP contribution in [0.1, 0.15) is 5.56 Å². The molecule has 3 nitrogen and oxygen atoms in total. The maximum atomic E-state index is 6.08. The highest BCUT2D eigenvalue weighted by atomic mass is 35.5. The molecule has 0 atom stereocenters. The Morgan fingerprint density at radius 3 is 2.58 bits per heavy atom. The van der Waals surface area contributed by atoms with E-state index in [0.29, 0.717) is 33.1 Å². The molecule has 0 bridgehead atoms. The molecule has 0 radical (unpaired) electrons. The first-order valence-corrected chi connectivity index (χ1v) is 6.65. The minimum absolute atomic E-state index is 0.393. The van der Waals surface area contributed by atoms with Gasteiger partial charge in [0.05, 0.1) is 15.1 Å². The number of hydrogen-bond donors (Lipinski definition) is 1. The third-order valence-corrected chi connectivity index (χ3v) is 3.44. The van der Waals surface area contributed by atoms with Crippen molar-refractivity contribution in [2.24, 2.45) is 0 Å². The summed E-state index contributed by atoms with van der Waals surface area (Å²) < 4.78 is 5.77. The summed E-state index contributed by atoms with van der Waals surface area (Å²) in [5, 5.41) is 4.24. The number of nitrogens with zero attached hydrogens (tertiary/aromatic N) is 1. The van der Waals surface area contributed by atoms with Crippen LogP contribution in [0.5, 0.6) is 11.5 Å². The zero-order valence-electron chi connectivity index (χ0n) is 10.1. The summed E-state index contributed by atoms with van der Waals surface area (Å²) in [4.78, 5) is 4.06. The number of aromatic nitrogens is 1. The van der Waals surface area contributed by atoms with Gasteiger partial charge >= 0.3 is 0 Å². The van der Waals surface area contributed by atoms with E-state index in [4.69, 9.17) is 39.5 Å². The van der Waals surface area contributed by atoms with Crippen LogP contribution in [0.3, 0.4) is 0 Å². The van der Waals surface area contributed by atoms with Gasteiger partial charge in [-0.2, -0.15) is 0 Å². The lowest BCUT2D eigenvalue weighted by atomic mass is 10.2. The summed E-state index contributed by atoms with van der Waals surface area (Å²) in [7, 11) is 1.85. The molecule has 0 saturated heterocycles. The molecule has 0 saturated carbocycles. The molecule has 2 rings (SSSR count). The average Bonchev–Trinajstić information content (AvgIpc) is 2.38. The number of benzene rings is 1. The van der Waals surface area contributed by atoms with E-state index in [9.17, 15) is 0 Å². The number of hydrogen-bond acceptors (Lipinski definition) is 3. The molecule has 1 aromatic carbocycles. The maximum absolute atomic E-state index is 6.08. The van der Waals surface area contributed by atoms with Crippen molar-refractivity contribution in [2.75, 3.05) is 7.05 Å². The molecule has 0 amide bonds. The molecule has 0 aliphatic heterocycles. The lowest BCUT2D eigenvalue weighted by Gasteiger charge is -2.12. The van der Waals surface area contributed by atoms with Crippen molar-refractivity contribution >= 4 is 34.8 Å². The van der Waals surface area contributed by atoms with E-state index in [1.165, 1.54) is 0 Å². The van der Waals surface area contributed by atoms with Crippen molar-refractivity contribution in [1.82, 2.24) is 10.3 Å². The van der Waals surface area contributed by atoms with E-state index < -0.39 is 0 Å². The van der Waals surface area contributed by atoms with Crippen LogP contribution in [0.2, 0.25) is 15.1 Å². The molecule has 0 fully saturated rings. The second kappa shape index (κ2) is 6.44. The predicted molar refractivity (Wildman–Crippen MR) is 78.5 cm³/mol. The van der Waals surface area contributed by atoms with Gasteiger partial charge in [0.1, 0.15) is 11.5 Å². The van der Waals surface area contributed by atoms with Crippen molar-refractivity contribution in [1.29, 1.82) is 0 Å². The largest absolute Gasteiger partial charge is 0.455 e. The van der Waals surface area contributed by atoms with Gasteiger partial charge in [-0.15, -0.1) is 0 Å². The lowest BCUT2D eigenvalue weighted by molar-refractivity contribution is 0.473. The van der Waals surface area contributed by atoms with Crippen LogP contribution in [0.15, 0.2) is 30.6 Å². The topological polar surface area (TPSA) is 34.2 Å². The smallest absolute Gasteiger partial charge is 0.147 e. The fourth-order valence-electron chi connectivity index (χ4n) is 1.54. The lowest BCUT2D eigenvalue weighted by Crippen LogP contribution is -2.06. The molecular formula is C13H11Cl3N2O. The van der Waals surface area contributed by atoms with Gasteiger partial charge in [-0.25, -0.2) is 0 Å². The van der Waals surface area contributed by atoms with Crippen molar-refractivity contribution < 1.29 is 4.74 Å². The van der Waals surface area contributed by atoms with Crippen LogP contribution in [-0.4, -0.2) is 12.0 Å². The molecule has 6 heteroatoms. The third-order valence-electron chi connectivity index (χ3n) is 2.42. The van der Waals surface area contributed by atoms with Crippen LogP contribution in [-0.2, 0) is 6.54 Å². The van der Waals surface area contributed by atoms with Gasteiger partial charge < -0.3 is 10.1 Å². The van der Waals surface area contributed by atoms with Crippen molar-refractivity contribution in [3.63, 3.8) is 0 Å². The van der Waals surface area contributed by atoms with E-state index in [2.05, 4.69) is 10.3 Å². The Morgan fingerprint density at radius 1 is 1.11 bits per heavy atom. The molecule has 0 unspecified atom stereocenters. The highest BCUT2D eigenvalue weighted by molar-refractivity contribution is 6.43. The number of rotatable bonds is 4. The molecule has 0 aliphatic carbocycles. The highest BCUT2D eigenvalue weighted by Crippen LogP contribution is 2.36. The normalized spacial score (nSPS) is 10.5. The molecule has 0 aliphatic rings. The van der Waals surface area contributed by atoms with E-state index in [1.807, 2.05) is 7.05 Å². The van der Waals surface area contributed by atoms with Crippen LogP contribution in [0.25, 0.3) is 0 Å². The number of halogens is 3. The third kappa shape index (κ3) is 3.51. The van der Waals surface area contributed by atoms with Crippen LogP contribution in [0.4, 0.5) is 0 Å². The predicted octanol–water partition coefficient (Wildman–Crippen LogP) is 4.55. The van der Waals surface area contributed by atoms with E-state index in [1.54, 1.807) is 30.6 Å². The molecule has 100 valence electrons. The Hall–Kier alpha value is -1.000. The van der Waals surface area contributed by atoms with Gasteiger partial charge in [-0.1, -0.05) is 34.8 Å². The van der Waals surface area contributed by atoms with Crippen LogP contribution in [0, 0.1) is 0 Å². The summed E-state index contributed by atoms with van der Waals surface area (Å²) in [6.45, 7) is 0.641. The van der Waals surface area contributed by atoms with Crippen molar-refractivity contribution in [3.8, 4) is 11.5 Å². The molecular weight excluding hydrogens is 307 g/mol. The van der Waals surface area contributed by atoms with E-state index >= 15 is 0 Å². The van der Waals surface area contributed by atoms with Gasteiger partial charge in [0.15, 0.2) is 0 Å². The first kappa shape index (κ1) is 14.4. The summed E-state index contributed by atoms with van der Waals surface area (Å²) in [6, 6.07) is 4.92. The quantitative estimate of drug-likeness (QED) is 0.840. The first-order chi connectivity index (χ1) is 9.11. The molecule has 2 aromatic rings. The van der Waals surface area contributed by atoms with Crippen LogP contribution >= 0.6 is 34.8 Å². The van der Waals surface area contributed by atoms with Crippen LogP contribution < -0.4 is 10.1 Å². The number of ether oxygens (including phenoxy) is 1. The summed E-state index contributed by atoms with van der Waals surface area (Å²) in [5.41, 5.74) is 0.923. The molecule has 1 N–H and O–H groups in total. The van der Waals surface area contributed by atoms with Gasteiger partial charge in [0.25, 0.3) is 0 Å². The fraction of sp³-hybridized carbons (Fsp3) is 0.154. The standard InChI is InChI=1S/C13H11Cl3N2O/c1-17-6-8-7-18-3-2-12(8)19-13-5-10(15)9(14)4-11(13)16/h2-5,7,17H,6H2,1H3. The molecule has 1 aromatic heterocycles. The van der Waals surface area contributed by atoms with Gasteiger partial charge in [0, 0.05) is 30.6 Å². The zero-order valence-corrected chi connectivity index (χ0v) is 12.4. The SMILES string of the molecule is CNCc1cnccc1Oc1cc(Cl)c(Cl)cc1Cl. The second-order valence-electron chi connectivity index (χ2n) is 3.81. The van der Waals surface area contributed by atoms with Crippen molar-refractivity contribution in [2.45, 2.75) is 6.54 Å². The molecule has 19 heavy (non-hydrogen) atoms. The van der Waals surface area contributed by atoms with Crippen molar-refractivity contribution in [3.05, 3.63) is 51.2 Å². The Balaban J connectivity index is 2.33. The fourth-order valence-corrected chi connectivity index (χ4v) is 2.11. The minimum atomic E-state index is 0.393. The summed E-state index contributed by atoms with van der Waals surface area (Å²) >= 11 is 17.9. The Kier molecular flexibility index (Phi) is 4.88. The number of nitrogens with one attached hydrogen (secondary N) is 1. The maximum Gasteiger partial charge on any atom is 0.147 e. The number of pyridine rings is 1. The van der Waals surface area contributed by atoms with E-state index in [0.717, 1.165) is 5.56 Å². The van der Waals surface area contributed by atoms with E-state index in [-0.39, 0.29) is 0 Å². The molecule has 1 heterocycles. The summed E-state index contributed by atoms with van der Waals surface area (Å²) in [5.74, 6) is 1.13. The first-order valence-electron chi connectivity index (χ1n) is 5.51. The Labute approximate surface area is 126 Å². The average molecular weight is 318 g/mol.